The third kappa shape index (κ3) is 3.12. The summed E-state index contributed by atoms with van der Waals surface area (Å²) in [6.07, 6.45) is 3.92. The lowest BCUT2D eigenvalue weighted by atomic mass is 10.2. The summed E-state index contributed by atoms with van der Waals surface area (Å²) in [5.41, 5.74) is 0.462. The Balaban J connectivity index is 2.46. The van der Waals surface area contributed by atoms with Crippen molar-refractivity contribution in [3.8, 4) is 0 Å². The van der Waals surface area contributed by atoms with Crippen molar-refractivity contribution in [2.75, 3.05) is 0 Å². The van der Waals surface area contributed by atoms with Crippen LogP contribution in [0.2, 0.25) is 0 Å². The van der Waals surface area contributed by atoms with Crippen LogP contribution in [0.1, 0.15) is 25.3 Å². The van der Waals surface area contributed by atoms with Crippen LogP contribution in [0.3, 0.4) is 0 Å². The maximum Gasteiger partial charge on any atom is 0.220 e. The molecule has 0 atom stereocenters. The first-order chi connectivity index (χ1) is 6.74. The molecule has 14 heavy (non-hydrogen) atoms. The minimum atomic E-state index is -0.385. The molecule has 4 heteroatoms. The Labute approximate surface area is 82.4 Å². The van der Waals surface area contributed by atoms with E-state index in [0.717, 1.165) is 12.6 Å². The van der Waals surface area contributed by atoms with Crippen LogP contribution in [0.4, 0.5) is 4.39 Å². The van der Waals surface area contributed by atoms with E-state index in [9.17, 15) is 9.18 Å². The molecule has 0 saturated carbocycles. The third-order valence-electron chi connectivity index (χ3n) is 1.81. The second kappa shape index (κ2) is 5.32. The summed E-state index contributed by atoms with van der Waals surface area (Å²) in [7, 11) is 0. The van der Waals surface area contributed by atoms with E-state index in [0.29, 0.717) is 12.0 Å². The zero-order valence-corrected chi connectivity index (χ0v) is 8.09. The summed E-state index contributed by atoms with van der Waals surface area (Å²) in [6, 6.07) is 1.56. The zero-order chi connectivity index (χ0) is 10.4. The first kappa shape index (κ1) is 10.6. The molecule has 0 saturated heterocycles. The molecule has 3 nitrogen and oxygen atoms in total. The van der Waals surface area contributed by atoms with Crippen molar-refractivity contribution in [2.24, 2.45) is 0 Å². The van der Waals surface area contributed by atoms with Gasteiger partial charge in [-0.15, -0.1) is 0 Å². The van der Waals surface area contributed by atoms with E-state index < -0.39 is 0 Å². The van der Waals surface area contributed by atoms with Crippen LogP contribution < -0.4 is 5.32 Å². The molecule has 0 aromatic carbocycles. The monoisotopic (exact) mass is 196 g/mol. The molecule has 0 fully saturated rings. The average Bonchev–Trinajstić information content (AvgIpc) is 2.17. The second-order valence-corrected chi connectivity index (χ2v) is 2.99. The van der Waals surface area contributed by atoms with Gasteiger partial charge in [0.25, 0.3) is 0 Å². The van der Waals surface area contributed by atoms with E-state index in [-0.39, 0.29) is 18.3 Å². The number of amides is 1. The Hall–Kier alpha value is -1.45. The van der Waals surface area contributed by atoms with Crippen molar-refractivity contribution >= 4 is 5.91 Å². The molecule has 1 heterocycles. The Morgan fingerprint density at radius 2 is 2.43 bits per heavy atom. The van der Waals surface area contributed by atoms with Crippen molar-refractivity contribution < 1.29 is 9.18 Å². The predicted octanol–water partition coefficient (Wildman–Crippen LogP) is 1.64. The molecular weight excluding hydrogens is 183 g/mol. The van der Waals surface area contributed by atoms with Crippen LogP contribution in [-0.2, 0) is 11.3 Å². The van der Waals surface area contributed by atoms with Gasteiger partial charge >= 0.3 is 0 Å². The fourth-order valence-electron chi connectivity index (χ4n) is 1.06. The Morgan fingerprint density at radius 1 is 1.64 bits per heavy atom. The van der Waals surface area contributed by atoms with Crippen molar-refractivity contribution in [3.63, 3.8) is 0 Å². The summed E-state index contributed by atoms with van der Waals surface area (Å²) in [4.78, 5) is 14.7. The number of nitrogens with one attached hydrogen (secondary N) is 1. The van der Waals surface area contributed by atoms with Gasteiger partial charge in [0.05, 0.1) is 6.20 Å². The average molecular weight is 196 g/mol. The van der Waals surface area contributed by atoms with E-state index >= 15 is 0 Å². The molecule has 0 radical (unpaired) electrons. The fourth-order valence-corrected chi connectivity index (χ4v) is 1.06. The molecular formula is C10H13FN2O. The minimum absolute atomic E-state index is 0.0521. The lowest BCUT2D eigenvalue weighted by molar-refractivity contribution is -0.121. The number of carbonyl (C=O) groups excluding carboxylic acids is 1. The summed E-state index contributed by atoms with van der Waals surface area (Å²) in [6.45, 7) is 2.15. The molecule has 1 aromatic heterocycles. The number of hydrogen-bond donors (Lipinski definition) is 1. The quantitative estimate of drug-likeness (QED) is 0.795. The number of nitrogens with zero attached hydrogens (tertiary/aromatic N) is 1. The van der Waals surface area contributed by atoms with Gasteiger partial charge in [0.2, 0.25) is 5.91 Å². The van der Waals surface area contributed by atoms with Crippen LogP contribution >= 0.6 is 0 Å². The zero-order valence-electron chi connectivity index (χ0n) is 8.09. The van der Waals surface area contributed by atoms with Gasteiger partial charge < -0.3 is 5.32 Å². The molecule has 0 bridgehead atoms. The predicted molar refractivity (Wildman–Crippen MR) is 50.9 cm³/mol. The number of aromatic nitrogens is 1. The highest BCUT2D eigenvalue weighted by Crippen LogP contribution is 2.03. The van der Waals surface area contributed by atoms with Crippen molar-refractivity contribution in [1.29, 1.82) is 0 Å². The maximum atomic E-state index is 13.0. The highest BCUT2D eigenvalue weighted by atomic mass is 19.1. The number of rotatable bonds is 4. The normalized spacial score (nSPS) is 9.86. The Bertz CT molecular complexity index is 315. The molecule has 76 valence electrons. The van der Waals surface area contributed by atoms with Crippen LogP contribution in [0, 0.1) is 5.82 Å². The largest absolute Gasteiger partial charge is 0.352 e. The highest BCUT2D eigenvalue weighted by Gasteiger charge is 2.03. The molecule has 0 spiro atoms. The van der Waals surface area contributed by atoms with Crippen LogP contribution in [-0.4, -0.2) is 10.9 Å². The van der Waals surface area contributed by atoms with Gasteiger partial charge in [0, 0.05) is 24.7 Å². The summed E-state index contributed by atoms with van der Waals surface area (Å²) in [5, 5.41) is 2.63. The van der Waals surface area contributed by atoms with Gasteiger partial charge in [-0.05, 0) is 12.5 Å². The summed E-state index contributed by atoms with van der Waals surface area (Å²) >= 11 is 0. The second-order valence-electron chi connectivity index (χ2n) is 2.99. The number of halogens is 1. The Kier molecular flexibility index (Phi) is 4.04. The first-order valence-electron chi connectivity index (χ1n) is 4.59. The standard InChI is InChI=1S/C10H13FN2O/c1-2-3-10(14)13-6-8-4-5-12-7-9(8)11/h4-5,7H,2-3,6H2,1H3,(H,13,14). The molecule has 0 aliphatic heterocycles. The van der Waals surface area contributed by atoms with Gasteiger partial charge in [0.15, 0.2) is 0 Å². The minimum Gasteiger partial charge on any atom is -0.352 e. The molecule has 0 aliphatic rings. The van der Waals surface area contributed by atoms with E-state index in [1.165, 1.54) is 6.20 Å². The SMILES string of the molecule is CCCC(=O)NCc1ccncc1F. The molecule has 1 amide bonds. The van der Waals surface area contributed by atoms with Gasteiger partial charge in [-0.1, -0.05) is 6.92 Å². The van der Waals surface area contributed by atoms with E-state index in [1.54, 1.807) is 6.07 Å². The summed E-state index contributed by atoms with van der Waals surface area (Å²) in [5.74, 6) is -0.437. The van der Waals surface area contributed by atoms with E-state index in [1.807, 2.05) is 6.92 Å². The van der Waals surface area contributed by atoms with Crippen LogP contribution in [0.15, 0.2) is 18.5 Å². The molecule has 1 rings (SSSR count). The highest BCUT2D eigenvalue weighted by molar-refractivity contribution is 5.75. The van der Waals surface area contributed by atoms with Crippen molar-refractivity contribution in [2.45, 2.75) is 26.3 Å². The fraction of sp³-hybridized carbons (Fsp3) is 0.400. The molecule has 0 aliphatic carbocycles. The number of hydrogen-bond acceptors (Lipinski definition) is 2. The number of carbonyl (C=O) groups is 1. The van der Waals surface area contributed by atoms with Crippen LogP contribution in [0.25, 0.3) is 0 Å². The lowest BCUT2D eigenvalue weighted by Crippen LogP contribution is -2.22. The van der Waals surface area contributed by atoms with E-state index in [2.05, 4.69) is 10.3 Å². The smallest absolute Gasteiger partial charge is 0.220 e. The van der Waals surface area contributed by atoms with Gasteiger partial charge in [0.1, 0.15) is 5.82 Å². The lowest BCUT2D eigenvalue weighted by Gasteiger charge is -2.04. The van der Waals surface area contributed by atoms with Gasteiger partial charge in [-0.25, -0.2) is 4.39 Å². The van der Waals surface area contributed by atoms with Crippen molar-refractivity contribution in [3.05, 3.63) is 29.8 Å². The third-order valence-corrected chi connectivity index (χ3v) is 1.81. The maximum absolute atomic E-state index is 13.0. The number of pyridine rings is 1. The van der Waals surface area contributed by atoms with Crippen molar-refractivity contribution in [1.82, 2.24) is 10.3 Å². The van der Waals surface area contributed by atoms with Gasteiger partial charge in [-0.3, -0.25) is 9.78 Å². The van der Waals surface area contributed by atoms with Gasteiger partial charge in [-0.2, -0.15) is 0 Å². The van der Waals surface area contributed by atoms with Crippen LogP contribution in [0.5, 0.6) is 0 Å². The topological polar surface area (TPSA) is 42.0 Å². The summed E-state index contributed by atoms with van der Waals surface area (Å²) < 4.78 is 13.0. The first-order valence-corrected chi connectivity index (χ1v) is 4.59. The van der Waals surface area contributed by atoms with E-state index in [4.69, 9.17) is 0 Å². The molecule has 1 aromatic rings. The molecule has 0 unspecified atom stereocenters. The Morgan fingerprint density at radius 3 is 3.07 bits per heavy atom. The molecule has 1 N–H and O–H groups in total.